The average molecular weight is 198 g/mol. The molecule has 0 radical (unpaired) electrons. The van der Waals surface area contributed by atoms with E-state index < -0.39 is 0 Å². The van der Waals surface area contributed by atoms with Crippen LogP contribution in [0.2, 0.25) is 4.34 Å². The van der Waals surface area contributed by atoms with Crippen LogP contribution in [-0.4, -0.2) is 6.54 Å². The van der Waals surface area contributed by atoms with Gasteiger partial charge in [-0.25, -0.2) is 0 Å². The van der Waals surface area contributed by atoms with Gasteiger partial charge in [0.15, 0.2) is 0 Å². The lowest BCUT2D eigenvalue weighted by molar-refractivity contribution is 0.989. The fraction of sp³-hybridized carbons (Fsp3) is 0.333. The molecule has 0 aliphatic heterocycles. The molecule has 4 heteroatoms. The van der Waals surface area contributed by atoms with Gasteiger partial charge >= 0.3 is 0 Å². The third-order valence-corrected chi connectivity index (χ3v) is 2.31. The van der Waals surface area contributed by atoms with Crippen LogP contribution in [-0.2, 0) is 6.42 Å². The Morgan fingerprint density at radius 2 is 2.20 bits per heavy atom. The highest BCUT2D eigenvalue weighted by Crippen LogP contribution is 2.21. The van der Waals surface area contributed by atoms with E-state index in [1.807, 2.05) is 12.1 Å². The summed E-state index contributed by atoms with van der Waals surface area (Å²) in [6, 6.07) is 3.91. The first kappa shape index (κ1) is 10.2. The van der Waals surface area contributed by atoms with Crippen molar-refractivity contribution in [2.75, 3.05) is 6.54 Å². The van der Waals surface area contributed by atoms with Gasteiger partial charge in [0.05, 0.1) is 4.34 Å². The smallest absolute Gasteiger partial charge is 0.0931 e. The molecule has 0 unspecified atom stereocenters. The predicted octanol–water partition coefficient (Wildman–Crippen LogP) is 2.32. The molecule has 0 aliphatic carbocycles. The highest BCUT2D eigenvalue weighted by molar-refractivity contribution is 7.16. The second-order valence-corrected chi connectivity index (χ2v) is 3.54. The Morgan fingerprint density at radius 1 is 1.50 bits per heavy atom. The maximum absolute atomic E-state index is 5.67. The van der Waals surface area contributed by atoms with Crippen LogP contribution in [0.3, 0.4) is 0 Å². The Kier molecular flexibility index (Phi) is 5.09. The Balaban J connectivity index is 0.000000810. The summed E-state index contributed by atoms with van der Waals surface area (Å²) in [5.41, 5.74) is 5.33. The molecule has 0 fully saturated rings. The largest absolute Gasteiger partial charge is 0.330 e. The molecular formula is C6H9Cl2NS. The van der Waals surface area contributed by atoms with Gasteiger partial charge in [0.2, 0.25) is 0 Å². The van der Waals surface area contributed by atoms with Crippen LogP contribution in [0.5, 0.6) is 0 Å². The van der Waals surface area contributed by atoms with Gasteiger partial charge in [0, 0.05) is 4.88 Å². The molecule has 1 nitrogen and oxygen atoms in total. The molecule has 1 heterocycles. The number of hydrogen-bond donors (Lipinski definition) is 1. The molecule has 58 valence electrons. The molecule has 0 saturated heterocycles. The third kappa shape index (κ3) is 2.88. The highest BCUT2D eigenvalue weighted by Gasteiger charge is 1.94. The Morgan fingerprint density at radius 3 is 2.60 bits per heavy atom. The van der Waals surface area contributed by atoms with E-state index in [9.17, 15) is 0 Å². The molecule has 1 aromatic rings. The van der Waals surface area contributed by atoms with Crippen molar-refractivity contribution in [3.8, 4) is 0 Å². The van der Waals surface area contributed by atoms with Crippen LogP contribution in [0.4, 0.5) is 0 Å². The second kappa shape index (κ2) is 4.97. The summed E-state index contributed by atoms with van der Waals surface area (Å²) in [6.45, 7) is 0.705. The van der Waals surface area contributed by atoms with E-state index in [0.29, 0.717) is 6.54 Å². The van der Waals surface area contributed by atoms with Crippen LogP contribution in [0.15, 0.2) is 12.1 Å². The summed E-state index contributed by atoms with van der Waals surface area (Å²) >= 11 is 7.27. The van der Waals surface area contributed by atoms with Crippen molar-refractivity contribution >= 4 is 35.3 Å². The topological polar surface area (TPSA) is 26.0 Å². The number of hydrogen-bond acceptors (Lipinski definition) is 2. The molecule has 0 amide bonds. The molecule has 0 saturated carbocycles. The molecule has 0 spiro atoms. The Hall–Kier alpha value is 0.240. The lowest BCUT2D eigenvalue weighted by Crippen LogP contribution is -2.00. The summed E-state index contributed by atoms with van der Waals surface area (Å²) in [4.78, 5) is 1.27. The van der Waals surface area contributed by atoms with E-state index >= 15 is 0 Å². The zero-order valence-corrected chi connectivity index (χ0v) is 7.73. The number of thiophene rings is 1. The van der Waals surface area contributed by atoms with Crippen molar-refractivity contribution < 1.29 is 0 Å². The van der Waals surface area contributed by atoms with Crippen LogP contribution in [0, 0.1) is 0 Å². The van der Waals surface area contributed by atoms with E-state index in [2.05, 4.69) is 0 Å². The van der Waals surface area contributed by atoms with Gasteiger partial charge < -0.3 is 5.73 Å². The van der Waals surface area contributed by atoms with E-state index in [0.717, 1.165) is 10.8 Å². The first-order valence-electron chi connectivity index (χ1n) is 2.77. The maximum atomic E-state index is 5.67. The summed E-state index contributed by atoms with van der Waals surface area (Å²) in [6.07, 6.45) is 0.942. The summed E-state index contributed by atoms with van der Waals surface area (Å²) < 4.78 is 0.846. The summed E-state index contributed by atoms with van der Waals surface area (Å²) in [7, 11) is 0. The quantitative estimate of drug-likeness (QED) is 0.775. The van der Waals surface area contributed by atoms with Gasteiger partial charge in [-0.1, -0.05) is 11.6 Å². The van der Waals surface area contributed by atoms with Gasteiger partial charge in [-0.2, -0.15) is 0 Å². The normalized spacial score (nSPS) is 9.00. The standard InChI is InChI=1S/C6H8ClNS.ClH/c7-6-2-1-5(9-6)3-4-8;/h1-2H,3-4,8H2;1H. The van der Waals surface area contributed by atoms with Crippen molar-refractivity contribution in [2.45, 2.75) is 6.42 Å². The molecule has 0 bridgehead atoms. The van der Waals surface area contributed by atoms with Gasteiger partial charge in [-0.15, -0.1) is 23.7 Å². The maximum Gasteiger partial charge on any atom is 0.0931 e. The zero-order valence-electron chi connectivity index (χ0n) is 5.34. The predicted molar refractivity (Wildman–Crippen MR) is 49.3 cm³/mol. The molecular weight excluding hydrogens is 189 g/mol. The third-order valence-electron chi connectivity index (χ3n) is 1.02. The van der Waals surface area contributed by atoms with Crippen molar-refractivity contribution in [1.29, 1.82) is 0 Å². The molecule has 0 aromatic carbocycles. The molecule has 1 rings (SSSR count). The molecule has 10 heavy (non-hydrogen) atoms. The summed E-state index contributed by atoms with van der Waals surface area (Å²) in [5.74, 6) is 0. The SMILES string of the molecule is Cl.NCCc1ccc(Cl)s1. The average Bonchev–Trinajstić information content (AvgIpc) is 2.17. The molecule has 0 atom stereocenters. The van der Waals surface area contributed by atoms with Crippen molar-refractivity contribution in [3.63, 3.8) is 0 Å². The van der Waals surface area contributed by atoms with Crippen LogP contribution in [0.1, 0.15) is 4.88 Å². The van der Waals surface area contributed by atoms with E-state index in [4.69, 9.17) is 17.3 Å². The van der Waals surface area contributed by atoms with Gasteiger partial charge in [-0.3, -0.25) is 0 Å². The van der Waals surface area contributed by atoms with Crippen LogP contribution in [0.25, 0.3) is 0 Å². The van der Waals surface area contributed by atoms with Crippen molar-refractivity contribution in [3.05, 3.63) is 21.3 Å². The molecule has 2 N–H and O–H groups in total. The van der Waals surface area contributed by atoms with Gasteiger partial charge in [-0.05, 0) is 25.1 Å². The fourth-order valence-corrected chi connectivity index (χ4v) is 1.73. The minimum absolute atomic E-state index is 0. The van der Waals surface area contributed by atoms with Crippen molar-refractivity contribution in [2.24, 2.45) is 5.73 Å². The minimum Gasteiger partial charge on any atom is -0.330 e. The molecule has 1 aromatic heterocycles. The summed E-state index contributed by atoms with van der Waals surface area (Å²) in [5, 5.41) is 0. The monoisotopic (exact) mass is 197 g/mol. The van der Waals surface area contributed by atoms with Crippen LogP contribution < -0.4 is 5.73 Å². The number of halogens is 2. The Labute approximate surface area is 75.6 Å². The first-order chi connectivity index (χ1) is 4.33. The zero-order chi connectivity index (χ0) is 6.69. The first-order valence-corrected chi connectivity index (χ1v) is 3.96. The number of nitrogens with two attached hydrogens (primary N) is 1. The molecule has 0 aliphatic rings. The minimum atomic E-state index is 0. The van der Waals surface area contributed by atoms with Gasteiger partial charge in [0.1, 0.15) is 0 Å². The fourth-order valence-electron chi connectivity index (χ4n) is 0.628. The van der Waals surface area contributed by atoms with Crippen molar-refractivity contribution in [1.82, 2.24) is 0 Å². The van der Waals surface area contributed by atoms with E-state index in [-0.39, 0.29) is 12.4 Å². The second-order valence-electron chi connectivity index (χ2n) is 1.74. The lowest BCUT2D eigenvalue weighted by Gasteiger charge is -1.86. The Bertz CT molecular complexity index is 188. The van der Waals surface area contributed by atoms with Gasteiger partial charge in [0.25, 0.3) is 0 Å². The lowest BCUT2D eigenvalue weighted by atomic mass is 10.3. The highest BCUT2D eigenvalue weighted by atomic mass is 35.5. The van der Waals surface area contributed by atoms with Crippen LogP contribution >= 0.6 is 35.3 Å². The van der Waals surface area contributed by atoms with E-state index in [1.165, 1.54) is 4.88 Å². The van der Waals surface area contributed by atoms with E-state index in [1.54, 1.807) is 11.3 Å². The number of rotatable bonds is 2.